The fraction of sp³-hybridized carbons (Fsp3) is 0.125. The number of fused-ring (bicyclic) bond motifs is 1. The number of nitro benzene ring substituents is 1. The first-order valence-electron chi connectivity index (χ1n) is 7.07. The van der Waals surface area contributed by atoms with Gasteiger partial charge in [-0.1, -0.05) is 18.2 Å². The van der Waals surface area contributed by atoms with Crippen molar-refractivity contribution in [3.05, 3.63) is 63.7 Å². The van der Waals surface area contributed by atoms with Crippen LogP contribution in [-0.2, 0) is 11.2 Å². The van der Waals surface area contributed by atoms with Gasteiger partial charge < -0.3 is 9.47 Å². The molecular formula is C16H13N3O5. The van der Waals surface area contributed by atoms with E-state index in [4.69, 9.17) is 9.47 Å². The molecule has 1 aliphatic rings. The second-order valence-corrected chi connectivity index (χ2v) is 4.97. The maximum absolute atomic E-state index is 11.9. The van der Waals surface area contributed by atoms with Crippen LogP contribution in [0.2, 0.25) is 0 Å². The highest BCUT2D eigenvalue weighted by molar-refractivity contribution is 5.84. The molecule has 0 fully saturated rings. The maximum Gasteiger partial charge on any atom is 0.273 e. The second-order valence-electron chi connectivity index (χ2n) is 4.97. The van der Waals surface area contributed by atoms with E-state index in [9.17, 15) is 14.9 Å². The smallest absolute Gasteiger partial charge is 0.273 e. The third-order valence-electron chi connectivity index (χ3n) is 3.34. The van der Waals surface area contributed by atoms with Crippen LogP contribution in [0.4, 0.5) is 5.69 Å². The molecular weight excluding hydrogens is 314 g/mol. The second kappa shape index (κ2) is 6.78. The van der Waals surface area contributed by atoms with Crippen molar-refractivity contribution in [3.8, 4) is 11.5 Å². The topological polar surface area (TPSA) is 103 Å². The molecule has 0 radical (unpaired) electrons. The Bertz CT molecular complexity index is 819. The van der Waals surface area contributed by atoms with Crippen LogP contribution in [0.15, 0.2) is 47.6 Å². The van der Waals surface area contributed by atoms with Gasteiger partial charge in [-0.25, -0.2) is 5.43 Å². The molecule has 0 aromatic heterocycles. The van der Waals surface area contributed by atoms with E-state index in [1.807, 2.05) is 0 Å². The van der Waals surface area contributed by atoms with E-state index in [0.29, 0.717) is 17.1 Å². The third kappa shape index (κ3) is 3.49. The van der Waals surface area contributed by atoms with Crippen molar-refractivity contribution in [1.82, 2.24) is 5.43 Å². The number of carbonyl (C=O) groups excluding carboxylic acids is 1. The lowest BCUT2D eigenvalue weighted by Crippen LogP contribution is -2.20. The molecule has 0 unspecified atom stereocenters. The summed E-state index contributed by atoms with van der Waals surface area (Å²) in [5.41, 5.74) is 3.32. The Labute approximate surface area is 136 Å². The van der Waals surface area contributed by atoms with Crippen LogP contribution in [0.1, 0.15) is 11.1 Å². The zero-order chi connectivity index (χ0) is 16.9. The zero-order valence-corrected chi connectivity index (χ0v) is 12.5. The lowest BCUT2D eigenvalue weighted by Gasteiger charge is -2.02. The van der Waals surface area contributed by atoms with E-state index < -0.39 is 10.8 Å². The number of rotatable bonds is 5. The predicted octanol–water partition coefficient (Wildman–Crippen LogP) is 2.02. The first-order chi connectivity index (χ1) is 11.6. The van der Waals surface area contributed by atoms with Crippen molar-refractivity contribution in [3.63, 3.8) is 0 Å². The molecule has 1 N–H and O–H groups in total. The van der Waals surface area contributed by atoms with Gasteiger partial charge in [-0.05, 0) is 23.8 Å². The van der Waals surface area contributed by atoms with Crippen LogP contribution < -0.4 is 14.9 Å². The Kier molecular flexibility index (Phi) is 4.37. The van der Waals surface area contributed by atoms with E-state index in [1.165, 1.54) is 12.3 Å². The highest BCUT2D eigenvalue weighted by Gasteiger charge is 2.15. The van der Waals surface area contributed by atoms with Crippen molar-refractivity contribution in [2.45, 2.75) is 6.42 Å². The Morgan fingerprint density at radius 1 is 1.25 bits per heavy atom. The summed E-state index contributed by atoms with van der Waals surface area (Å²) in [4.78, 5) is 22.3. The SMILES string of the molecule is O=C(Cc1ccccc1[N+](=O)[O-])NN=Cc1ccc2c(c1)OCO2. The van der Waals surface area contributed by atoms with Gasteiger partial charge in [0.15, 0.2) is 11.5 Å². The van der Waals surface area contributed by atoms with Crippen molar-refractivity contribution in [2.75, 3.05) is 6.79 Å². The first kappa shape index (κ1) is 15.5. The molecule has 0 saturated heterocycles. The monoisotopic (exact) mass is 327 g/mol. The largest absolute Gasteiger partial charge is 0.454 e. The molecule has 1 heterocycles. The molecule has 1 amide bonds. The summed E-state index contributed by atoms with van der Waals surface area (Å²) in [7, 11) is 0. The van der Waals surface area contributed by atoms with Gasteiger partial charge in [-0.15, -0.1) is 0 Å². The standard InChI is InChI=1S/C16H13N3O5/c20-16(8-12-3-1-2-4-13(12)19(21)22)18-17-9-11-5-6-14-15(7-11)24-10-23-14/h1-7,9H,8,10H2,(H,18,20). The minimum absolute atomic E-state index is 0.0904. The van der Waals surface area contributed by atoms with Crippen molar-refractivity contribution >= 4 is 17.8 Å². The number of carbonyl (C=O) groups is 1. The van der Waals surface area contributed by atoms with Crippen molar-refractivity contribution in [1.29, 1.82) is 0 Å². The first-order valence-corrected chi connectivity index (χ1v) is 7.07. The fourth-order valence-electron chi connectivity index (χ4n) is 2.22. The van der Waals surface area contributed by atoms with Gasteiger partial charge in [0.2, 0.25) is 12.7 Å². The van der Waals surface area contributed by atoms with E-state index >= 15 is 0 Å². The Balaban J connectivity index is 1.61. The van der Waals surface area contributed by atoms with Gasteiger partial charge in [0.25, 0.3) is 5.69 Å². The van der Waals surface area contributed by atoms with Gasteiger partial charge in [-0.2, -0.15) is 5.10 Å². The van der Waals surface area contributed by atoms with Crippen LogP contribution in [0, 0.1) is 10.1 Å². The van der Waals surface area contributed by atoms with Crippen molar-refractivity contribution < 1.29 is 19.2 Å². The number of hydrogen-bond donors (Lipinski definition) is 1. The van der Waals surface area contributed by atoms with Crippen LogP contribution in [0.3, 0.4) is 0 Å². The maximum atomic E-state index is 11.9. The minimum Gasteiger partial charge on any atom is -0.454 e. The van der Waals surface area contributed by atoms with Gasteiger partial charge in [0.1, 0.15) is 0 Å². The average molecular weight is 327 g/mol. The van der Waals surface area contributed by atoms with E-state index in [0.717, 1.165) is 5.56 Å². The highest BCUT2D eigenvalue weighted by atomic mass is 16.7. The summed E-state index contributed by atoms with van der Waals surface area (Å²) in [6.45, 7) is 0.183. The van der Waals surface area contributed by atoms with Gasteiger partial charge in [-0.3, -0.25) is 14.9 Å². The molecule has 3 rings (SSSR count). The number of hydrazone groups is 1. The summed E-state index contributed by atoms with van der Waals surface area (Å²) in [5.74, 6) is 0.832. The van der Waals surface area contributed by atoms with Crippen LogP contribution in [0.25, 0.3) is 0 Å². The molecule has 0 saturated carbocycles. The van der Waals surface area contributed by atoms with Crippen LogP contribution in [-0.4, -0.2) is 23.8 Å². The molecule has 8 nitrogen and oxygen atoms in total. The number of ether oxygens (including phenoxy) is 2. The van der Waals surface area contributed by atoms with Crippen LogP contribution in [0.5, 0.6) is 11.5 Å². The van der Waals surface area contributed by atoms with Crippen LogP contribution >= 0.6 is 0 Å². The van der Waals surface area contributed by atoms with E-state index in [2.05, 4.69) is 10.5 Å². The summed E-state index contributed by atoms with van der Waals surface area (Å²) in [5, 5.41) is 14.8. The number of hydrogen-bond acceptors (Lipinski definition) is 6. The summed E-state index contributed by atoms with van der Waals surface area (Å²) >= 11 is 0. The number of benzene rings is 2. The molecule has 0 bridgehead atoms. The number of para-hydroxylation sites is 1. The summed E-state index contributed by atoms with van der Waals surface area (Å²) in [6.07, 6.45) is 1.33. The lowest BCUT2D eigenvalue weighted by atomic mass is 10.1. The molecule has 0 spiro atoms. The fourth-order valence-corrected chi connectivity index (χ4v) is 2.22. The molecule has 122 valence electrons. The van der Waals surface area contributed by atoms with E-state index in [1.54, 1.807) is 36.4 Å². The predicted molar refractivity (Wildman–Crippen MR) is 85.1 cm³/mol. The third-order valence-corrected chi connectivity index (χ3v) is 3.34. The molecule has 24 heavy (non-hydrogen) atoms. The summed E-state index contributed by atoms with van der Waals surface area (Å²) < 4.78 is 10.4. The molecule has 1 aliphatic heterocycles. The normalized spacial score (nSPS) is 12.3. The molecule has 0 atom stereocenters. The van der Waals surface area contributed by atoms with Gasteiger partial charge in [0, 0.05) is 11.6 Å². The van der Waals surface area contributed by atoms with E-state index in [-0.39, 0.29) is 18.9 Å². The average Bonchev–Trinajstić information content (AvgIpc) is 3.03. The van der Waals surface area contributed by atoms with Crippen molar-refractivity contribution in [2.24, 2.45) is 5.10 Å². The summed E-state index contributed by atoms with van der Waals surface area (Å²) in [6, 6.07) is 11.4. The minimum atomic E-state index is -0.515. The highest BCUT2D eigenvalue weighted by Crippen LogP contribution is 2.31. The Morgan fingerprint density at radius 3 is 2.88 bits per heavy atom. The zero-order valence-electron chi connectivity index (χ0n) is 12.5. The number of amides is 1. The number of nitro groups is 1. The number of nitrogens with one attached hydrogen (secondary N) is 1. The molecule has 0 aliphatic carbocycles. The molecule has 2 aromatic rings. The molecule has 2 aromatic carbocycles. The lowest BCUT2D eigenvalue weighted by molar-refractivity contribution is -0.385. The van der Waals surface area contributed by atoms with Gasteiger partial charge >= 0.3 is 0 Å². The van der Waals surface area contributed by atoms with Gasteiger partial charge in [0.05, 0.1) is 17.6 Å². The number of nitrogens with zero attached hydrogens (tertiary/aromatic N) is 2. The Morgan fingerprint density at radius 2 is 2.04 bits per heavy atom. The quantitative estimate of drug-likeness (QED) is 0.514. The molecule has 8 heteroatoms. The Hall–Kier alpha value is -3.42.